The number of methoxy groups -OCH3 is 1. The van der Waals surface area contributed by atoms with Gasteiger partial charge in [-0.25, -0.2) is 4.98 Å². The van der Waals surface area contributed by atoms with Crippen LogP contribution >= 0.6 is 0 Å². The van der Waals surface area contributed by atoms with Crippen LogP contribution in [0.1, 0.15) is 12.5 Å². The highest BCUT2D eigenvalue weighted by Gasteiger charge is 2.11. The summed E-state index contributed by atoms with van der Waals surface area (Å²) in [5.41, 5.74) is 1.11. The minimum absolute atomic E-state index is 0.0623. The summed E-state index contributed by atoms with van der Waals surface area (Å²) in [6, 6.07) is 7.69. The molecule has 0 saturated carbocycles. The number of aromatic nitrogens is 1. The molecule has 0 bridgehead atoms. The van der Waals surface area contributed by atoms with Crippen LogP contribution in [0.15, 0.2) is 42.6 Å². The molecule has 6 nitrogen and oxygen atoms in total. The van der Waals surface area contributed by atoms with Gasteiger partial charge < -0.3 is 19.5 Å². The van der Waals surface area contributed by atoms with Gasteiger partial charge in [0.25, 0.3) is 0 Å². The van der Waals surface area contributed by atoms with Crippen molar-refractivity contribution in [3.63, 3.8) is 0 Å². The Balaban J connectivity index is 2.05. The van der Waals surface area contributed by atoms with Gasteiger partial charge in [-0.05, 0) is 36.8 Å². The number of amides is 1. The molecule has 0 spiro atoms. The van der Waals surface area contributed by atoms with E-state index in [2.05, 4.69) is 15.0 Å². The summed E-state index contributed by atoms with van der Waals surface area (Å²) in [5.74, 6) is 0.179. The fourth-order valence-electron chi connectivity index (χ4n) is 2.02. The maximum absolute atomic E-state index is 12.4. The third kappa shape index (κ3) is 5.73. The number of benzene rings is 1. The van der Waals surface area contributed by atoms with Crippen LogP contribution in [-0.4, -0.2) is 31.2 Å². The van der Waals surface area contributed by atoms with Gasteiger partial charge in [0, 0.05) is 12.1 Å². The fraction of sp³-hybridized carbons (Fsp3) is 0.222. The molecule has 1 amide bonds. The molecule has 0 saturated heterocycles. The van der Waals surface area contributed by atoms with Gasteiger partial charge in [0.2, 0.25) is 11.8 Å². The molecule has 138 valence electrons. The molecule has 2 rings (SSSR count). The van der Waals surface area contributed by atoms with Gasteiger partial charge in [0.1, 0.15) is 0 Å². The zero-order valence-corrected chi connectivity index (χ0v) is 14.2. The summed E-state index contributed by atoms with van der Waals surface area (Å²) in [6.07, 6.45) is 4.30. The number of halogens is 2. The van der Waals surface area contributed by atoms with Gasteiger partial charge in [-0.15, -0.1) is 0 Å². The predicted octanol–water partition coefficient (Wildman–Crippen LogP) is 3.74. The molecule has 1 aromatic carbocycles. The minimum Gasteiger partial charge on any atom is -0.490 e. The third-order valence-corrected chi connectivity index (χ3v) is 3.12. The smallest absolute Gasteiger partial charge is 0.387 e. The molecule has 2 aromatic rings. The van der Waals surface area contributed by atoms with E-state index >= 15 is 0 Å². The molecular formula is C18H18F2N2O4. The average molecular weight is 364 g/mol. The van der Waals surface area contributed by atoms with E-state index in [0.29, 0.717) is 17.1 Å². The number of carbonyl (C=O) groups is 1. The standard InChI is InChI=1S/C18H18F2N2O4/c1-3-25-15-10-12(4-7-14(15)26-18(19)20)5-8-16(23)22-13-6-9-17(24-2)21-11-13/h4-11,18H,3H2,1-2H3,(H,22,23)/b8-5+. The van der Waals surface area contributed by atoms with Crippen LogP contribution < -0.4 is 19.5 Å². The van der Waals surface area contributed by atoms with Crippen LogP contribution in [0.5, 0.6) is 17.4 Å². The van der Waals surface area contributed by atoms with Crippen molar-refractivity contribution in [1.29, 1.82) is 0 Å². The fourth-order valence-corrected chi connectivity index (χ4v) is 2.02. The number of nitrogens with zero attached hydrogens (tertiary/aromatic N) is 1. The Kier molecular flexibility index (Phi) is 6.90. The van der Waals surface area contributed by atoms with Crippen molar-refractivity contribution in [3.05, 3.63) is 48.2 Å². The van der Waals surface area contributed by atoms with Gasteiger partial charge in [0.05, 0.1) is 25.6 Å². The highest BCUT2D eigenvalue weighted by molar-refractivity contribution is 6.01. The van der Waals surface area contributed by atoms with Crippen LogP contribution in [0.25, 0.3) is 6.08 Å². The Bertz CT molecular complexity index is 764. The van der Waals surface area contributed by atoms with Crippen LogP contribution in [0.3, 0.4) is 0 Å². The summed E-state index contributed by atoms with van der Waals surface area (Å²) in [7, 11) is 1.50. The highest BCUT2D eigenvalue weighted by Crippen LogP contribution is 2.30. The Labute approximate surface area is 149 Å². The lowest BCUT2D eigenvalue weighted by Crippen LogP contribution is -2.08. The van der Waals surface area contributed by atoms with E-state index in [-0.39, 0.29) is 24.0 Å². The van der Waals surface area contributed by atoms with Crippen molar-refractivity contribution in [2.24, 2.45) is 0 Å². The lowest BCUT2D eigenvalue weighted by molar-refractivity contribution is -0.111. The van der Waals surface area contributed by atoms with E-state index in [9.17, 15) is 13.6 Å². The number of ether oxygens (including phenoxy) is 3. The van der Waals surface area contributed by atoms with E-state index in [1.807, 2.05) is 0 Å². The van der Waals surface area contributed by atoms with Crippen LogP contribution in [0.2, 0.25) is 0 Å². The molecule has 1 heterocycles. The number of rotatable bonds is 8. The molecule has 1 N–H and O–H groups in total. The first-order valence-electron chi connectivity index (χ1n) is 7.72. The van der Waals surface area contributed by atoms with Gasteiger partial charge in [0.15, 0.2) is 11.5 Å². The van der Waals surface area contributed by atoms with Crippen molar-refractivity contribution >= 4 is 17.7 Å². The molecule has 0 aliphatic carbocycles. The number of hydrogen-bond acceptors (Lipinski definition) is 5. The Morgan fingerprint density at radius 2 is 2.08 bits per heavy atom. The maximum atomic E-state index is 12.4. The lowest BCUT2D eigenvalue weighted by atomic mass is 10.2. The SMILES string of the molecule is CCOc1cc(/C=C/C(=O)Nc2ccc(OC)nc2)ccc1OC(F)F. The second-order valence-corrected chi connectivity index (χ2v) is 4.93. The van der Waals surface area contributed by atoms with Crippen molar-refractivity contribution in [3.8, 4) is 17.4 Å². The summed E-state index contributed by atoms with van der Waals surface area (Å²) in [4.78, 5) is 15.9. The number of alkyl halides is 2. The van der Waals surface area contributed by atoms with Crippen LogP contribution in [0.4, 0.5) is 14.5 Å². The highest BCUT2D eigenvalue weighted by atomic mass is 19.3. The minimum atomic E-state index is -2.94. The van der Waals surface area contributed by atoms with E-state index in [1.165, 1.54) is 37.6 Å². The first-order valence-corrected chi connectivity index (χ1v) is 7.72. The second-order valence-electron chi connectivity index (χ2n) is 4.93. The molecule has 0 fully saturated rings. The monoisotopic (exact) mass is 364 g/mol. The number of nitrogens with one attached hydrogen (secondary N) is 1. The number of carbonyl (C=O) groups excluding carboxylic acids is 1. The normalized spacial score (nSPS) is 10.8. The van der Waals surface area contributed by atoms with Crippen LogP contribution in [0, 0.1) is 0 Å². The summed E-state index contributed by atoms with van der Waals surface area (Å²) in [6.45, 7) is -0.928. The zero-order valence-electron chi connectivity index (χ0n) is 14.2. The topological polar surface area (TPSA) is 69.7 Å². The molecule has 1 aromatic heterocycles. The van der Waals surface area contributed by atoms with E-state index in [0.717, 1.165) is 0 Å². The van der Waals surface area contributed by atoms with Crippen molar-refractivity contribution in [2.75, 3.05) is 19.0 Å². The van der Waals surface area contributed by atoms with Gasteiger partial charge in [-0.3, -0.25) is 4.79 Å². The summed E-state index contributed by atoms with van der Waals surface area (Å²) < 4.78 is 39.4. The quantitative estimate of drug-likeness (QED) is 0.723. The second kappa shape index (κ2) is 9.36. The van der Waals surface area contributed by atoms with Crippen LogP contribution in [-0.2, 0) is 4.79 Å². The van der Waals surface area contributed by atoms with Gasteiger partial charge >= 0.3 is 6.61 Å². The number of anilines is 1. The van der Waals surface area contributed by atoms with Gasteiger partial charge in [-0.2, -0.15) is 8.78 Å². The van der Waals surface area contributed by atoms with E-state index < -0.39 is 6.61 Å². The first kappa shape index (κ1) is 19.2. The maximum Gasteiger partial charge on any atom is 0.387 e. The van der Waals surface area contributed by atoms with Gasteiger partial charge in [-0.1, -0.05) is 6.07 Å². The average Bonchev–Trinajstić information content (AvgIpc) is 2.62. The summed E-state index contributed by atoms with van der Waals surface area (Å²) >= 11 is 0. The molecule has 8 heteroatoms. The molecule has 0 radical (unpaired) electrons. The molecule has 0 aliphatic rings. The van der Waals surface area contributed by atoms with E-state index in [1.54, 1.807) is 25.1 Å². The van der Waals surface area contributed by atoms with Crippen molar-refractivity contribution in [1.82, 2.24) is 4.98 Å². The largest absolute Gasteiger partial charge is 0.490 e. The Morgan fingerprint density at radius 3 is 2.69 bits per heavy atom. The molecule has 0 atom stereocenters. The molecule has 26 heavy (non-hydrogen) atoms. The molecular weight excluding hydrogens is 346 g/mol. The van der Waals surface area contributed by atoms with Crippen molar-refractivity contribution in [2.45, 2.75) is 13.5 Å². The van der Waals surface area contributed by atoms with Crippen molar-refractivity contribution < 1.29 is 27.8 Å². The zero-order chi connectivity index (χ0) is 18.9. The summed E-state index contributed by atoms with van der Waals surface area (Å²) in [5, 5.41) is 2.64. The third-order valence-electron chi connectivity index (χ3n) is 3.12. The Hall–Kier alpha value is -3.16. The predicted molar refractivity (Wildman–Crippen MR) is 92.7 cm³/mol. The molecule has 0 unspecified atom stereocenters. The number of pyridine rings is 1. The Morgan fingerprint density at radius 1 is 1.27 bits per heavy atom. The lowest BCUT2D eigenvalue weighted by Gasteiger charge is -2.11. The first-order chi connectivity index (χ1) is 12.5. The number of hydrogen-bond donors (Lipinski definition) is 1. The molecule has 0 aliphatic heterocycles. The van der Waals surface area contributed by atoms with E-state index in [4.69, 9.17) is 9.47 Å².